The van der Waals surface area contributed by atoms with E-state index in [-0.39, 0.29) is 11.2 Å². The van der Waals surface area contributed by atoms with Crippen LogP contribution in [0.5, 0.6) is 0 Å². The van der Waals surface area contributed by atoms with E-state index < -0.39 is 0 Å². The SMILES string of the molecule is CC(=O)c1nsnc1C(C)(C)C. The highest BCUT2D eigenvalue weighted by atomic mass is 32.1. The highest BCUT2D eigenvalue weighted by Gasteiger charge is 2.24. The van der Waals surface area contributed by atoms with Gasteiger partial charge in [-0.05, 0) is 0 Å². The van der Waals surface area contributed by atoms with Crippen LogP contribution < -0.4 is 0 Å². The molecular formula is C8H12N2OS. The summed E-state index contributed by atoms with van der Waals surface area (Å²) in [6.07, 6.45) is 0. The number of aromatic nitrogens is 2. The van der Waals surface area contributed by atoms with Gasteiger partial charge in [0, 0.05) is 12.3 Å². The van der Waals surface area contributed by atoms with Gasteiger partial charge in [0.25, 0.3) is 0 Å². The van der Waals surface area contributed by atoms with Gasteiger partial charge in [0.2, 0.25) is 0 Å². The summed E-state index contributed by atoms with van der Waals surface area (Å²) in [4.78, 5) is 11.1. The molecule has 0 saturated carbocycles. The first-order valence-corrected chi connectivity index (χ1v) is 4.50. The molecule has 0 N–H and O–H groups in total. The zero-order chi connectivity index (χ0) is 9.35. The van der Waals surface area contributed by atoms with E-state index in [1.807, 2.05) is 20.8 Å². The number of ketones is 1. The normalized spacial score (nSPS) is 11.7. The van der Waals surface area contributed by atoms with Crippen LogP contribution in [0.25, 0.3) is 0 Å². The fraction of sp³-hybridized carbons (Fsp3) is 0.625. The van der Waals surface area contributed by atoms with Crippen molar-refractivity contribution in [3.63, 3.8) is 0 Å². The Hall–Kier alpha value is -0.770. The van der Waals surface area contributed by atoms with E-state index in [2.05, 4.69) is 8.75 Å². The number of nitrogens with zero attached hydrogens (tertiary/aromatic N) is 2. The zero-order valence-corrected chi connectivity index (χ0v) is 8.53. The van der Waals surface area contributed by atoms with Gasteiger partial charge in [0.05, 0.1) is 17.4 Å². The molecule has 1 rings (SSSR count). The van der Waals surface area contributed by atoms with Gasteiger partial charge >= 0.3 is 0 Å². The lowest BCUT2D eigenvalue weighted by molar-refractivity contribution is 0.101. The van der Waals surface area contributed by atoms with E-state index in [9.17, 15) is 4.79 Å². The predicted molar refractivity (Wildman–Crippen MR) is 48.6 cm³/mol. The van der Waals surface area contributed by atoms with Gasteiger partial charge in [-0.2, -0.15) is 8.75 Å². The molecule has 0 radical (unpaired) electrons. The maximum atomic E-state index is 11.1. The summed E-state index contributed by atoms with van der Waals surface area (Å²) in [6.45, 7) is 7.59. The third-order valence-corrected chi connectivity index (χ3v) is 2.06. The van der Waals surface area contributed by atoms with Crippen LogP contribution in [0.4, 0.5) is 0 Å². The molecule has 1 aromatic rings. The molecular weight excluding hydrogens is 172 g/mol. The van der Waals surface area contributed by atoms with Gasteiger partial charge in [0.15, 0.2) is 5.78 Å². The molecule has 1 heterocycles. The topological polar surface area (TPSA) is 42.9 Å². The minimum Gasteiger partial charge on any atom is -0.293 e. The van der Waals surface area contributed by atoms with Gasteiger partial charge in [-0.15, -0.1) is 0 Å². The Morgan fingerprint density at radius 2 is 1.92 bits per heavy atom. The summed E-state index contributed by atoms with van der Waals surface area (Å²) in [5.74, 6) is -0.00586. The van der Waals surface area contributed by atoms with Crippen molar-refractivity contribution in [1.82, 2.24) is 8.75 Å². The molecule has 0 unspecified atom stereocenters. The highest BCUT2D eigenvalue weighted by molar-refractivity contribution is 6.99. The summed E-state index contributed by atoms with van der Waals surface area (Å²) in [5.41, 5.74) is 1.24. The second-order valence-corrected chi connectivity index (χ2v) is 4.30. The Bertz CT molecular complexity index is 298. The Morgan fingerprint density at radius 1 is 1.33 bits per heavy atom. The summed E-state index contributed by atoms with van der Waals surface area (Å²) in [5, 5.41) is 0. The standard InChI is InChI=1S/C8H12N2OS/c1-5(11)6-7(8(2,3)4)10-12-9-6/h1-4H3. The van der Waals surface area contributed by atoms with Crippen molar-refractivity contribution in [2.24, 2.45) is 0 Å². The monoisotopic (exact) mass is 184 g/mol. The van der Waals surface area contributed by atoms with Crippen LogP contribution in [0.3, 0.4) is 0 Å². The fourth-order valence-electron chi connectivity index (χ4n) is 0.912. The largest absolute Gasteiger partial charge is 0.293 e. The maximum Gasteiger partial charge on any atom is 0.181 e. The van der Waals surface area contributed by atoms with E-state index in [0.29, 0.717) is 5.69 Å². The third kappa shape index (κ3) is 1.69. The molecule has 0 atom stereocenters. The number of hydrogen-bond acceptors (Lipinski definition) is 4. The maximum absolute atomic E-state index is 11.1. The van der Waals surface area contributed by atoms with Crippen molar-refractivity contribution in [2.45, 2.75) is 33.1 Å². The predicted octanol–water partition coefficient (Wildman–Crippen LogP) is 2.04. The van der Waals surface area contributed by atoms with E-state index >= 15 is 0 Å². The number of carbonyl (C=O) groups excluding carboxylic acids is 1. The summed E-state index contributed by atoms with van der Waals surface area (Å²) >= 11 is 1.10. The Balaban J connectivity index is 3.17. The average Bonchev–Trinajstić information content (AvgIpc) is 2.30. The number of Topliss-reactive ketones (excluding diaryl/α,β-unsaturated/α-hetero) is 1. The van der Waals surface area contributed by atoms with E-state index in [1.165, 1.54) is 6.92 Å². The molecule has 12 heavy (non-hydrogen) atoms. The van der Waals surface area contributed by atoms with Crippen molar-refractivity contribution >= 4 is 17.5 Å². The molecule has 1 aromatic heterocycles. The molecule has 66 valence electrons. The molecule has 0 aromatic carbocycles. The summed E-state index contributed by atoms with van der Waals surface area (Å²) in [6, 6.07) is 0. The molecule has 0 aliphatic rings. The van der Waals surface area contributed by atoms with Crippen LogP contribution in [0.15, 0.2) is 0 Å². The second kappa shape index (κ2) is 2.94. The van der Waals surface area contributed by atoms with Gasteiger partial charge in [-0.3, -0.25) is 4.79 Å². The molecule has 0 aliphatic carbocycles. The Labute approximate surface area is 76.1 Å². The van der Waals surface area contributed by atoms with Gasteiger partial charge in [0.1, 0.15) is 5.69 Å². The quantitative estimate of drug-likeness (QED) is 0.627. The molecule has 0 spiro atoms. The molecule has 0 bridgehead atoms. The minimum atomic E-state index is -0.0893. The molecule has 0 saturated heterocycles. The molecule has 0 fully saturated rings. The lowest BCUT2D eigenvalue weighted by Gasteiger charge is -2.15. The van der Waals surface area contributed by atoms with Crippen LogP contribution in [-0.4, -0.2) is 14.5 Å². The van der Waals surface area contributed by atoms with Crippen molar-refractivity contribution in [3.05, 3.63) is 11.4 Å². The van der Waals surface area contributed by atoms with Crippen LogP contribution >= 0.6 is 11.7 Å². The first-order chi connectivity index (χ1) is 5.43. The van der Waals surface area contributed by atoms with Gasteiger partial charge < -0.3 is 0 Å². The number of hydrogen-bond donors (Lipinski definition) is 0. The molecule has 4 heteroatoms. The van der Waals surface area contributed by atoms with Crippen LogP contribution in [-0.2, 0) is 5.41 Å². The van der Waals surface area contributed by atoms with Crippen LogP contribution in [0.1, 0.15) is 43.9 Å². The van der Waals surface area contributed by atoms with Crippen LogP contribution in [0, 0.1) is 0 Å². The molecule has 0 aliphatic heterocycles. The van der Waals surface area contributed by atoms with Gasteiger partial charge in [-0.1, -0.05) is 20.8 Å². The lowest BCUT2D eigenvalue weighted by Crippen LogP contribution is -2.15. The number of carbonyl (C=O) groups is 1. The minimum absolute atomic E-state index is 0.00586. The molecule has 0 amide bonds. The molecule has 3 nitrogen and oxygen atoms in total. The first-order valence-electron chi connectivity index (χ1n) is 3.77. The fourth-order valence-corrected chi connectivity index (χ4v) is 1.69. The van der Waals surface area contributed by atoms with Crippen LogP contribution in [0.2, 0.25) is 0 Å². The number of rotatable bonds is 1. The van der Waals surface area contributed by atoms with Crippen molar-refractivity contribution in [1.29, 1.82) is 0 Å². The second-order valence-electron chi connectivity index (χ2n) is 3.77. The lowest BCUT2D eigenvalue weighted by atomic mass is 9.90. The van der Waals surface area contributed by atoms with E-state index in [1.54, 1.807) is 0 Å². The Morgan fingerprint density at radius 3 is 2.25 bits per heavy atom. The van der Waals surface area contributed by atoms with Gasteiger partial charge in [-0.25, -0.2) is 0 Å². The van der Waals surface area contributed by atoms with E-state index in [4.69, 9.17) is 0 Å². The van der Waals surface area contributed by atoms with Crippen molar-refractivity contribution < 1.29 is 4.79 Å². The zero-order valence-electron chi connectivity index (χ0n) is 7.71. The van der Waals surface area contributed by atoms with Crippen molar-refractivity contribution in [3.8, 4) is 0 Å². The Kier molecular flexibility index (Phi) is 2.28. The van der Waals surface area contributed by atoms with E-state index in [0.717, 1.165) is 17.4 Å². The summed E-state index contributed by atoms with van der Waals surface area (Å²) in [7, 11) is 0. The van der Waals surface area contributed by atoms with Crippen molar-refractivity contribution in [2.75, 3.05) is 0 Å². The smallest absolute Gasteiger partial charge is 0.181 e. The highest BCUT2D eigenvalue weighted by Crippen LogP contribution is 2.23. The third-order valence-electron chi connectivity index (χ3n) is 1.53. The average molecular weight is 184 g/mol. The first kappa shape index (κ1) is 9.32. The summed E-state index contributed by atoms with van der Waals surface area (Å²) < 4.78 is 8.08.